The molecule has 0 saturated carbocycles. The Morgan fingerprint density at radius 2 is 2.25 bits per heavy atom. The van der Waals surface area contributed by atoms with Gasteiger partial charge in [-0.2, -0.15) is 0 Å². The number of amides is 1. The molecule has 6 nitrogen and oxygen atoms in total. The van der Waals surface area contributed by atoms with Crippen molar-refractivity contribution in [2.24, 2.45) is 0 Å². The number of hydrogen-bond donors (Lipinski definition) is 0. The Morgan fingerprint density at radius 3 is 3.00 bits per heavy atom. The third kappa shape index (κ3) is 3.35. The number of rotatable bonds is 3. The van der Waals surface area contributed by atoms with Crippen LogP contribution in [-0.4, -0.2) is 47.6 Å². The summed E-state index contributed by atoms with van der Waals surface area (Å²) in [5.74, 6) is 0.105. The SMILES string of the molecule is COc1ccc(F)cc1C(=O)N1CCO[C@@H](c2nccc(C)n2)C1. The quantitative estimate of drug-likeness (QED) is 0.862. The zero-order valence-corrected chi connectivity index (χ0v) is 13.5. The zero-order chi connectivity index (χ0) is 17.1. The molecule has 3 rings (SSSR count). The van der Waals surface area contributed by atoms with Gasteiger partial charge in [-0.15, -0.1) is 0 Å². The number of carbonyl (C=O) groups excluding carboxylic acids is 1. The van der Waals surface area contributed by atoms with Crippen molar-refractivity contribution in [3.63, 3.8) is 0 Å². The van der Waals surface area contributed by atoms with E-state index in [4.69, 9.17) is 9.47 Å². The zero-order valence-electron chi connectivity index (χ0n) is 13.5. The number of carbonyl (C=O) groups is 1. The minimum atomic E-state index is -0.481. The second-order valence-corrected chi connectivity index (χ2v) is 5.51. The average molecular weight is 331 g/mol. The van der Waals surface area contributed by atoms with Crippen LogP contribution in [-0.2, 0) is 4.74 Å². The summed E-state index contributed by atoms with van der Waals surface area (Å²) in [5.41, 5.74) is 1.03. The minimum absolute atomic E-state index is 0.198. The number of aryl methyl sites for hydroxylation is 1. The molecule has 1 aliphatic rings. The van der Waals surface area contributed by atoms with Gasteiger partial charge in [0.05, 0.1) is 25.8 Å². The summed E-state index contributed by atoms with van der Waals surface area (Å²) in [5, 5.41) is 0. The van der Waals surface area contributed by atoms with Crippen LogP contribution in [0.1, 0.15) is 28.0 Å². The molecule has 0 radical (unpaired) electrons. The molecule has 1 fully saturated rings. The van der Waals surface area contributed by atoms with Crippen molar-refractivity contribution in [1.29, 1.82) is 0 Å². The number of halogens is 1. The van der Waals surface area contributed by atoms with E-state index in [0.717, 1.165) is 5.69 Å². The Labute approximate surface area is 139 Å². The van der Waals surface area contributed by atoms with Crippen LogP contribution < -0.4 is 4.74 Å². The van der Waals surface area contributed by atoms with Crippen molar-refractivity contribution in [2.45, 2.75) is 13.0 Å². The summed E-state index contributed by atoms with van der Waals surface area (Å²) in [4.78, 5) is 22.9. The van der Waals surface area contributed by atoms with Gasteiger partial charge in [0.2, 0.25) is 0 Å². The fourth-order valence-electron chi connectivity index (χ4n) is 2.63. The smallest absolute Gasteiger partial charge is 0.257 e. The molecule has 1 amide bonds. The summed E-state index contributed by atoms with van der Waals surface area (Å²) in [6.45, 7) is 2.96. The molecular weight excluding hydrogens is 313 g/mol. The van der Waals surface area contributed by atoms with Gasteiger partial charge in [0, 0.05) is 18.4 Å². The number of ether oxygens (including phenoxy) is 2. The predicted octanol–water partition coefficient (Wildman–Crippen LogP) is 2.15. The normalized spacial score (nSPS) is 17.6. The molecule has 2 heterocycles. The molecule has 0 aliphatic carbocycles. The first kappa shape index (κ1) is 16.3. The lowest BCUT2D eigenvalue weighted by Crippen LogP contribution is -2.42. The molecule has 7 heteroatoms. The van der Waals surface area contributed by atoms with Crippen LogP contribution in [0.3, 0.4) is 0 Å². The van der Waals surface area contributed by atoms with Crippen molar-refractivity contribution in [1.82, 2.24) is 14.9 Å². The summed E-state index contributed by atoms with van der Waals surface area (Å²) in [6.07, 6.45) is 1.26. The van der Waals surface area contributed by atoms with Gasteiger partial charge in [0.25, 0.3) is 5.91 Å². The van der Waals surface area contributed by atoms with Gasteiger partial charge in [0.1, 0.15) is 17.7 Å². The molecule has 1 aromatic heterocycles. The first-order chi connectivity index (χ1) is 11.6. The molecular formula is C17H18FN3O3. The predicted molar refractivity (Wildman–Crippen MR) is 84.3 cm³/mol. The van der Waals surface area contributed by atoms with Crippen LogP contribution in [0.25, 0.3) is 0 Å². The van der Waals surface area contributed by atoms with Crippen molar-refractivity contribution in [3.05, 3.63) is 53.4 Å². The third-order valence-electron chi connectivity index (χ3n) is 3.85. The second kappa shape index (κ2) is 6.92. The van der Waals surface area contributed by atoms with Crippen LogP contribution in [0.15, 0.2) is 30.5 Å². The molecule has 0 N–H and O–H groups in total. The van der Waals surface area contributed by atoms with Crippen molar-refractivity contribution in [3.8, 4) is 5.75 Å². The molecule has 0 unspecified atom stereocenters. The van der Waals surface area contributed by atoms with Crippen molar-refractivity contribution < 1.29 is 18.7 Å². The Morgan fingerprint density at radius 1 is 1.42 bits per heavy atom. The molecule has 0 bridgehead atoms. The van der Waals surface area contributed by atoms with Gasteiger partial charge in [-0.05, 0) is 31.2 Å². The highest BCUT2D eigenvalue weighted by molar-refractivity contribution is 5.97. The lowest BCUT2D eigenvalue weighted by atomic mass is 10.1. The van der Waals surface area contributed by atoms with Crippen LogP contribution >= 0.6 is 0 Å². The largest absolute Gasteiger partial charge is 0.496 e. The lowest BCUT2D eigenvalue weighted by Gasteiger charge is -2.32. The van der Waals surface area contributed by atoms with E-state index in [0.29, 0.717) is 31.3 Å². The maximum Gasteiger partial charge on any atom is 0.257 e. The molecule has 24 heavy (non-hydrogen) atoms. The molecule has 0 spiro atoms. The number of benzene rings is 1. The topological polar surface area (TPSA) is 64.5 Å². The monoisotopic (exact) mass is 331 g/mol. The van der Waals surface area contributed by atoms with E-state index in [2.05, 4.69) is 9.97 Å². The van der Waals surface area contributed by atoms with Gasteiger partial charge in [0.15, 0.2) is 5.82 Å². The fourth-order valence-corrected chi connectivity index (χ4v) is 2.63. The third-order valence-corrected chi connectivity index (χ3v) is 3.85. The van der Waals surface area contributed by atoms with Gasteiger partial charge < -0.3 is 14.4 Å². The summed E-state index contributed by atoms with van der Waals surface area (Å²) in [7, 11) is 1.45. The Kier molecular flexibility index (Phi) is 4.71. The van der Waals surface area contributed by atoms with Gasteiger partial charge in [-0.25, -0.2) is 14.4 Å². The minimum Gasteiger partial charge on any atom is -0.496 e. The first-order valence-electron chi connectivity index (χ1n) is 7.62. The van der Waals surface area contributed by atoms with E-state index in [1.54, 1.807) is 17.2 Å². The number of hydrogen-bond acceptors (Lipinski definition) is 5. The Hall–Kier alpha value is -2.54. The Balaban J connectivity index is 1.82. The summed E-state index contributed by atoms with van der Waals surface area (Å²) in [6, 6.07) is 5.70. The van der Waals surface area contributed by atoms with E-state index in [1.165, 1.54) is 25.3 Å². The van der Waals surface area contributed by atoms with E-state index < -0.39 is 11.9 Å². The highest BCUT2D eigenvalue weighted by Crippen LogP contribution is 2.25. The lowest BCUT2D eigenvalue weighted by molar-refractivity contribution is -0.0269. The first-order valence-corrected chi connectivity index (χ1v) is 7.62. The highest BCUT2D eigenvalue weighted by Gasteiger charge is 2.29. The number of nitrogens with zero attached hydrogens (tertiary/aromatic N) is 3. The number of methoxy groups -OCH3 is 1. The highest BCUT2D eigenvalue weighted by atomic mass is 19.1. The maximum absolute atomic E-state index is 13.5. The maximum atomic E-state index is 13.5. The van der Waals surface area contributed by atoms with Crippen LogP contribution in [0.5, 0.6) is 5.75 Å². The van der Waals surface area contributed by atoms with E-state index in [-0.39, 0.29) is 11.5 Å². The van der Waals surface area contributed by atoms with Gasteiger partial charge in [-0.3, -0.25) is 4.79 Å². The molecule has 126 valence electrons. The van der Waals surface area contributed by atoms with Crippen molar-refractivity contribution >= 4 is 5.91 Å². The fraction of sp³-hybridized carbons (Fsp3) is 0.353. The molecule has 2 aromatic rings. The van der Waals surface area contributed by atoms with E-state index in [1.807, 2.05) is 6.92 Å². The van der Waals surface area contributed by atoms with E-state index in [9.17, 15) is 9.18 Å². The number of aromatic nitrogens is 2. The molecule has 1 atom stereocenters. The van der Waals surface area contributed by atoms with Crippen LogP contribution in [0.4, 0.5) is 4.39 Å². The van der Waals surface area contributed by atoms with Gasteiger partial charge in [-0.1, -0.05) is 0 Å². The van der Waals surface area contributed by atoms with E-state index >= 15 is 0 Å². The molecule has 1 aliphatic heterocycles. The Bertz CT molecular complexity index is 754. The van der Waals surface area contributed by atoms with Crippen LogP contribution in [0, 0.1) is 12.7 Å². The van der Waals surface area contributed by atoms with Crippen molar-refractivity contribution in [2.75, 3.05) is 26.8 Å². The molecule has 1 saturated heterocycles. The summed E-state index contributed by atoms with van der Waals surface area (Å²) >= 11 is 0. The standard InChI is InChI=1S/C17H18FN3O3/c1-11-5-6-19-16(20-11)15-10-21(7-8-24-15)17(22)13-9-12(18)3-4-14(13)23-2/h3-6,9,15H,7-8,10H2,1-2H3/t15-/m1/s1. The van der Waals surface area contributed by atoms with Gasteiger partial charge >= 0.3 is 0 Å². The number of morpholine rings is 1. The second-order valence-electron chi connectivity index (χ2n) is 5.51. The molecule has 1 aromatic carbocycles. The van der Waals surface area contributed by atoms with Crippen LogP contribution in [0.2, 0.25) is 0 Å². The average Bonchev–Trinajstić information content (AvgIpc) is 2.61. The summed E-state index contributed by atoms with van der Waals surface area (Å²) < 4.78 is 24.4.